The highest BCUT2D eigenvalue weighted by Gasteiger charge is 2.55. The van der Waals surface area contributed by atoms with Gasteiger partial charge in [0.2, 0.25) is 23.5 Å². The molecule has 1 saturated carbocycles. The van der Waals surface area contributed by atoms with Crippen molar-refractivity contribution in [2.75, 3.05) is 6.54 Å². The third kappa shape index (κ3) is 10.5. The van der Waals surface area contributed by atoms with Crippen LogP contribution in [0, 0.1) is 11.3 Å². The summed E-state index contributed by atoms with van der Waals surface area (Å²) in [6, 6.07) is 13.7. The molecular formula is C43H53ClN6O6S. The Morgan fingerprint density at radius 3 is 2.44 bits per heavy atom. The lowest BCUT2D eigenvalue weighted by Crippen LogP contribution is -2.59. The van der Waals surface area contributed by atoms with E-state index in [1.165, 1.54) is 22.7 Å². The number of nitrogens with one attached hydrogen (secondary N) is 3. The molecule has 2 fully saturated rings. The number of Topliss-reactive ketones (excluding diaryl/α,β-unsaturated/α-hetero) is 1. The standard InChI is InChI=1S/C43H53ClN6O6S/c1-5-13-32(36(52)39(54)45-24-31-25-57-40(46-31)28-16-10-7-11-17-28)47-38(53)34-23-43(22-33(49-56-43)29-18-12-19-30(44)21-29)26-50(34)41(55)37(42(2,3)4)48-35(51)20-27-14-8-6-9-15-27/h7,10-12,16-19,21,25,27,32,34,37H,5-6,8-9,13-15,20,22-24,26H2,1-4H3,(H,45,54)(H,47,53)(H,48,51)/t32-,34-,37+,43+/m0/s1. The normalized spacial score (nSPS) is 20.7. The number of carbonyl (C=O) groups excluding carboxylic acids is 5. The van der Waals surface area contributed by atoms with Crippen molar-refractivity contribution in [3.05, 3.63) is 76.3 Å². The molecule has 14 heteroatoms. The first-order valence-corrected chi connectivity index (χ1v) is 21.2. The second-order valence-electron chi connectivity index (χ2n) is 16.7. The van der Waals surface area contributed by atoms with E-state index in [9.17, 15) is 24.0 Å². The molecule has 4 atom stereocenters. The van der Waals surface area contributed by atoms with Crippen LogP contribution in [-0.2, 0) is 35.4 Å². The fourth-order valence-electron chi connectivity index (χ4n) is 7.98. The van der Waals surface area contributed by atoms with Gasteiger partial charge in [0, 0.05) is 40.8 Å². The van der Waals surface area contributed by atoms with Gasteiger partial charge in [-0.25, -0.2) is 4.98 Å². The monoisotopic (exact) mass is 816 g/mol. The van der Waals surface area contributed by atoms with Gasteiger partial charge in [-0.3, -0.25) is 24.0 Å². The number of carbonyl (C=O) groups is 5. The maximum Gasteiger partial charge on any atom is 0.289 e. The SMILES string of the molecule is CCC[C@H](NC(=O)[C@@H]1C[C@]2(CC(c3cccc(Cl)c3)=NO2)CN1C(=O)[C@@H](NC(=O)CC1CCCCC1)C(C)(C)C)C(=O)C(=O)NCc1csc(-c2ccccc2)n1. The molecule has 2 aliphatic heterocycles. The lowest BCUT2D eigenvalue weighted by molar-refractivity contribution is -0.145. The summed E-state index contributed by atoms with van der Waals surface area (Å²) in [7, 11) is 0. The zero-order valence-electron chi connectivity index (χ0n) is 33.1. The van der Waals surface area contributed by atoms with Crippen LogP contribution in [-0.4, -0.2) is 75.3 Å². The number of thiazole rings is 1. The molecule has 2 aromatic carbocycles. The zero-order valence-corrected chi connectivity index (χ0v) is 34.7. The Morgan fingerprint density at radius 2 is 1.74 bits per heavy atom. The number of benzene rings is 2. The smallest absolute Gasteiger partial charge is 0.289 e. The molecule has 1 saturated heterocycles. The maximum atomic E-state index is 14.7. The summed E-state index contributed by atoms with van der Waals surface area (Å²) < 4.78 is 0. The van der Waals surface area contributed by atoms with Crippen molar-refractivity contribution in [3.8, 4) is 10.6 Å². The lowest BCUT2D eigenvalue weighted by atomic mass is 9.84. The molecule has 4 amide bonds. The van der Waals surface area contributed by atoms with Crippen molar-refractivity contribution in [1.29, 1.82) is 0 Å². The molecule has 57 heavy (non-hydrogen) atoms. The number of ketones is 1. The second-order valence-corrected chi connectivity index (χ2v) is 18.0. The number of likely N-dealkylation sites (tertiary alicyclic amines) is 1. The number of aromatic nitrogens is 1. The van der Waals surface area contributed by atoms with E-state index < -0.39 is 52.6 Å². The topological polar surface area (TPSA) is 159 Å². The maximum absolute atomic E-state index is 14.7. The van der Waals surface area contributed by atoms with Crippen molar-refractivity contribution in [2.24, 2.45) is 16.5 Å². The Labute approximate surface area is 343 Å². The van der Waals surface area contributed by atoms with Crippen LogP contribution in [0.1, 0.15) is 103 Å². The molecule has 0 bridgehead atoms. The molecule has 1 spiro atoms. The summed E-state index contributed by atoms with van der Waals surface area (Å²) in [5.74, 6) is -2.57. The van der Waals surface area contributed by atoms with Gasteiger partial charge in [0.25, 0.3) is 5.91 Å². The molecule has 0 unspecified atom stereocenters. The first-order chi connectivity index (χ1) is 27.2. The lowest BCUT2D eigenvalue weighted by Gasteiger charge is -2.36. The molecule has 1 aliphatic carbocycles. The second kappa shape index (κ2) is 18.3. The van der Waals surface area contributed by atoms with Crippen LogP contribution < -0.4 is 16.0 Å². The number of oxime groups is 1. The highest BCUT2D eigenvalue weighted by Crippen LogP contribution is 2.40. The van der Waals surface area contributed by atoms with E-state index in [2.05, 4.69) is 26.1 Å². The molecule has 0 radical (unpaired) electrons. The van der Waals surface area contributed by atoms with Gasteiger partial charge in [-0.15, -0.1) is 11.3 Å². The summed E-state index contributed by atoms with van der Waals surface area (Å²) in [6.45, 7) is 7.57. The molecule has 3 heterocycles. The van der Waals surface area contributed by atoms with Gasteiger partial charge < -0.3 is 25.7 Å². The van der Waals surface area contributed by atoms with Gasteiger partial charge in [-0.05, 0) is 42.7 Å². The average molecular weight is 817 g/mol. The van der Waals surface area contributed by atoms with Gasteiger partial charge in [0.15, 0.2) is 5.60 Å². The Hall–Kier alpha value is -4.62. The van der Waals surface area contributed by atoms with Crippen molar-refractivity contribution >= 4 is 58.1 Å². The van der Waals surface area contributed by atoms with Gasteiger partial charge in [-0.2, -0.15) is 0 Å². The number of halogens is 1. The van der Waals surface area contributed by atoms with Crippen LogP contribution in [0.2, 0.25) is 5.02 Å². The average Bonchev–Trinajstić information content (AvgIpc) is 3.95. The first kappa shape index (κ1) is 42.0. The highest BCUT2D eigenvalue weighted by atomic mass is 35.5. The zero-order chi connectivity index (χ0) is 40.7. The van der Waals surface area contributed by atoms with E-state index in [0.29, 0.717) is 35.7 Å². The largest absolute Gasteiger partial charge is 0.387 e. The Kier molecular flexibility index (Phi) is 13.5. The van der Waals surface area contributed by atoms with E-state index in [1.54, 1.807) is 12.1 Å². The van der Waals surface area contributed by atoms with E-state index in [0.717, 1.165) is 41.8 Å². The van der Waals surface area contributed by atoms with Crippen LogP contribution in [0.4, 0.5) is 0 Å². The minimum atomic E-state index is -1.14. The molecule has 3 aliphatic rings. The van der Waals surface area contributed by atoms with Gasteiger partial charge in [0.05, 0.1) is 30.5 Å². The molecule has 12 nitrogen and oxygen atoms in total. The van der Waals surface area contributed by atoms with Gasteiger partial charge >= 0.3 is 0 Å². The summed E-state index contributed by atoms with van der Waals surface area (Å²) in [6.07, 6.45) is 6.77. The number of nitrogens with zero attached hydrogens (tertiary/aromatic N) is 3. The van der Waals surface area contributed by atoms with Gasteiger partial charge in [-0.1, -0.05) is 113 Å². The summed E-state index contributed by atoms with van der Waals surface area (Å²) in [5, 5.41) is 16.1. The third-order valence-corrected chi connectivity index (χ3v) is 12.2. The van der Waals surface area contributed by atoms with Crippen LogP contribution in [0.15, 0.2) is 65.1 Å². The molecule has 1 aromatic heterocycles. The Balaban J connectivity index is 1.19. The number of hydrogen-bond donors (Lipinski definition) is 3. The van der Waals surface area contributed by atoms with Crippen LogP contribution in [0.3, 0.4) is 0 Å². The minimum Gasteiger partial charge on any atom is -0.387 e. The fourth-order valence-corrected chi connectivity index (χ4v) is 9.00. The van der Waals surface area contributed by atoms with Crippen LogP contribution in [0.25, 0.3) is 10.6 Å². The molecular weight excluding hydrogens is 764 g/mol. The Bertz CT molecular complexity index is 1970. The first-order valence-electron chi connectivity index (χ1n) is 20.0. The Morgan fingerprint density at radius 1 is 1.00 bits per heavy atom. The van der Waals surface area contributed by atoms with E-state index in [-0.39, 0.29) is 37.8 Å². The number of hydrogen-bond acceptors (Lipinski definition) is 9. The molecule has 6 rings (SSSR count). The molecule has 304 valence electrons. The third-order valence-electron chi connectivity index (χ3n) is 11.0. The van der Waals surface area contributed by atoms with Crippen LogP contribution in [0.5, 0.6) is 0 Å². The van der Waals surface area contributed by atoms with Crippen molar-refractivity contribution < 1.29 is 28.8 Å². The van der Waals surface area contributed by atoms with Crippen LogP contribution >= 0.6 is 22.9 Å². The van der Waals surface area contributed by atoms with Gasteiger partial charge in [0.1, 0.15) is 17.1 Å². The van der Waals surface area contributed by atoms with E-state index >= 15 is 0 Å². The van der Waals surface area contributed by atoms with Crippen molar-refractivity contribution in [2.45, 2.75) is 122 Å². The number of rotatable bonds is 14. The quantitative estimate of drug-likeness (QED) is 0.155. The molecule has 3 aromatic rings. The van der Waals surface area contributed by atoms with E-state index in [4.69, 9.17) is 16.4 Å². The van der Waals surface area contributed by atoms with E-state index in [1.807, 2.05) is 75.5 Å². The predicted octanol–water partition coefficient (Wildman–Crippen LogP) is 6.60. The predicted molar refractivity (Wildman–Crippen MR) is 220 cm³/mol. The van der Waals surface area contributed by atoms with Crippen molar-refractivity contribution in [3.63, 3.8) is 0 Å². The number of amides is 4. The minimum absolute atomic E-state index is 0.0219. The van der Waals surface area contributed by atoms with Crippen molar-refractivity contribution in [1.82, 2.24) is 25.8 Å². The summed E-state index contributed by atoms with van der Waals surface area (Å²) >= 11 is 7.73. The molecule has 3 N–H and O–H groups in total. The summed E-state index contributed by atoms with van der Waals surface area (Å²) in [4.78, 5) is 81.6. The summed E-state index contributed by atoms with van der Waals surface area (Å²) in [5.41, 5.74) is 1.21. The highest BCUT2D eigenvalue weighted by molar-refractivity contribution is 7.13. The fraction of sp³-hybridized carbons (Fsp3) is 0.512.